The number of anilines is 1. The monoisotopic (exact) mass is 309 g/mol. The molecule has 1 amide bonds. The lowest BCUT2D eigenvalue weighted by atomic mass is 10.1. The highest BCUT2D eigenvalue weighted by Crippen LogP contribution is 2.25. The summed E-state index contributed by atoms with van der Waals surface area (Å²) >= 11 is 0. The van der Waals surface area contributed by atoms with Gasteiger partial charge in [0.25, 0.3) is 5.91 Å². The zero-order chi connectivity index (χ0) is 16.2. The van der Waals surface area contributed by atoms with Crippen molar-refractivity contribution in [3.63, 3.8) is 0 Å². The van der Waals surface area contributed by atoms with E-state index in [1.54, 1.807) is 43.6 Å². The van der Waals surface area contributed by atoms with Gasteiger partial charge in [0.05, 0.1) is 0 Å². The number of carbonyl (C=O) groups is 1. The summed E-state index contributed by atoms with van der Waals surface area (Å²) < 4.78 is 5.80. The lowest BCUT2D eigenvalue weighted by Gasteiger charge is -2.10. The van der Waals surface area contributed by atoms with Crippen molar-refractivity contribution in [3.05, 3.63) is 59.7 Å². The van der Waals surface area contributed by atoms with E-state index >= 15 is 0 Å². The first kappa shape index (κ1) is 14.7. The fourth-order valence-electron chi connectivity index (χ4n) is 1.96. The van der Waals surface area contributed by atoms with E-state index in [1.165, 1.54) is 0 Å². The fraction of sp³-hybridized carbons (Fsp3) is 0.125. The predicted molar refractivity (Wildman–Crippen MR) is 84.6 cm³/mol. The highest BCUT2D eigenvalue weighted by atomic mass is 16.5. The summed E-state index contributed by atoms with van der Waals surface area (Å²) in [5.41, 5.74) is 1.38. The first-order chi connectivity index (χ1) is 11.1. The molecule has 0 unspecified atom stereocenters. The molecular weight excluding hydrogens is 294 g/mol. The lowest BCUT2D eigenvalue weighted by Crippen LogP contribution is -2.13. The van der Waals surface area contributed by atoms with Gasteiger partial charge in [-0.3, -0.25) is 20.2 Å². The standard InChI is InChI=1S/C16H15N5O2/c1-10-3-4-12(15(22)19-16-18-11(2)20-21-16)9-14(10)23-13-5-7-17-8-6-13/h3-9H,1-2H3,(H2,18,19,20,21,22). The van der Waals surface area contributed by atoms with E-state index in [4.69, 9.17) is 4.74 Å². The molecule has 116 valence electrons. The quantitative estimate of drug-likeness (QED) is 0.773. The number of aromatic nitrogens is 4. The van der Waals surface area contributed by atoms with Crippen LogP contribution in [-0.2, 0) is 0 Å². The van der Waals surface area contributed by atoms with E-state index in [1.807, 2.05) is 13.0 Å². The van der Waals surface area contributed by atoms with Gasteiger partial charge in [-0.2, -0.15) is 4.98 Å². The van der Waals surface area contributed by atoms with Crippen molar-refractivity contribution < 1.29 is 9.53 Å². The number of hydrogen-bond acceptors (Lipinski definition) is 5. The predicted octanol–water partition coefficient (Wildman–Crippen LogP) is 2.86. The summed E-state index contributed by atoms with van der Waals surface area (Å²) in [5, 5.41) is 9.19. The molecule has 7 heteroatoms. The van der Waals surface area contributed by atoms with E-state index in [0.717, 1.165) is 5.56 Å². The molecule has 3 rings (SSSR count). The Hall–Kier alpha value is -3.22. The number of amides is 1. The van der Waals surface area contributed by atoms with Gasteiger partial charge in [0.15, 0.2) is 0 Å². The Morgan fingerprint density at radius 3 is 2.65 bits per heavy atom. The van der Waals surface area contributed by atoms with Crippen molar-refractivity contribution in [3.8, 4) is 11.5 Å². The summed E-state index contributed by atoms with van der Waals surface area (Å²) in [7, 11) is 0. The second kappa shape index (κ2) is 6.27. The van der Waals surface area contributed by atoms with E-state index in [9.17, 15) is 4.79 Å². The van der Waals surface area contributed by atoms with Crippen LogP contribution in [0.25, 0.3) is 0 Å². The molecule has 2 heterocycles. The summed E-state index contributed by atoms with van der Waals surface area (Å²) in [6.07, 6.45) is 3.29. The number of rotatable bonds is 4. The van der Waals surface area contributed by atoms with Gasteiger partial charge in [0.2, 0.25) is 5.95 Å². The molecule has 1 aromatic carbocycles. The first-order valence-electron chi connectivity index (χ1n) is 7.01. The minimum atomic E-state index is -0.302. The van der Waals surface area contributed by atoms with E-state index in [-0.39, 0.29) is 11.9 Å². The van der Waals surface area contributed by atoms with Gasteiger partial charge in [-0.25, -0.2) is 0 Å². The molecule has 0 saturated carbocycles. The Balaban J connectivity index is 1.80. The Morgan fingerprint density at radius 1 is 1.17 bits per heavy atom. The Morgan fingerprint density at radius 2 is 1.96 bits per heavy atom. The van der Waals surface area contributed by atoms with E-state index in [2.05, 4.69) is 25.5 Å². The number of aromatic amines is 1. The van der Waals surface area contributed by atoms with Crippen molar-refractivity contribution in [2.24, 2.45) is 0 Å². The largest absolute Gasteiger partial charge is 0.457 e. The minimum Gasteiger partial charge on any atom is -0.457 e. The van der Waals surface area contributed by atoms with Gasteiger partial charge in [-0.05, 0) is 43.7 Å². The molecule has 23 heavy (non-hydrogen) atoms. The molecule has 2 N–H and O–H groups in total. The van der Waals surface area contributed by atoms with E-state index in [0.29, 0.717) is 22.9 Å². The maximum atomic E-state index is 12.3. The van der Waals surface area contributed by atoms with Crippen LogP contribution in [0.15, 0.2) is 42.7 Å². The van der Waals surface area contributed by atoms with Crippen LogP contribution in [-0.4, -0.2) is 26.1 Å². The topological polar surface area (TPSA) is 92.8 Å². The van der Waals surface area contributed by atoms with Crippen LogP contribution in [0.4, 0.5) is 5.95 Å². The van der Waals surface area contributed by atoms with Crippen LogP contribution >= 0.6 is 0 Å². The van der Waals surface area contributed by atoms with Crippen LogP contribution in [0.2, 0.25) is 0 Å². The normalized spacial score (nSPS) is 10.3. The summed E-state index contributed by atoms with van der Waals surface area (Å²) in [6, 6.07) is 8.74. The molecule has 7 nitrogen and oxygen atoms in total. The molecule has 0 aliphatic carbocycles. The van der Waals surface area contributed by atoms with Gasteiger partial charge in [-0.1, -0.05) is 6.07 Å². The van der Waals surface area contributed by atoms with Crippen molar-refractivity contribution in [1.29, 1.82) is 0 Å². The fourth-order valence-corrected chi connectivity index (χ4v) is 1.96. The molecule has 0 spiro atoms. The van der Waals surface area contributed by atoms with Crippen molar-refractivity contribution in [2.75, 3.05) is 5.32 Å². The molecule has 0 aliphatic heterocycles. The number of hydrogen-bond donors (Lipinski definition) is 2. The van der Waals surface area contributed by atoms with Gasteiger partial charge in [-0.15, -0.1) is 5.10 Å². The number of carbonyl (C=O) groups excluding carboxylic acids is 1. The second-order valence-corrected chi connectivity index (χ2v) is 4.96. The Labute approximate surface area is 132 Å². The molecule has 0 radical (unpaired) electrons. The van der Waals surface area contributed by atoms with Crippen molar-refractivity contribution in [1.82, 2.24) is 20.2 Å². The molecule has 0 fully saturated rings. The third-order valence-electron chi connectivity index (χ3n) is 3.15. The zero-order valence-corrected chi connectivity index (χ0v) is 12.7. The van der Waals surface area contributed by atoms with Gasteiger partial charge < -0.3 is 4.74 Å². The molecule has 0 bridgehead atoms. The van der Waals surface area contributed by atoms with Crippen LogP contribution in [0.1, 0.15) is 21.7 Å². The third-order valence-corrected chi connectivity index (χ3v) is 3.15. The Kier molecular flexibility index (Phi) is 4.01. The maximum Gasteiger partial charge on any atom is 0.258 e. The highest BCUT2D eigenvalue weighted by molar-refractivity contribution is 6.03. The van der Waals surface area contributed by atoms with Crippen LogP contribution < -0.4 is 10.1 Å². The average Bonchev–Trinajstić information content (AvgIpc) is 2.95. The molecular formula is C16H15N5O2. The van der Waals surface area contributed by atoms with Gasteiger partial charge in [0, 0.05) is 18.0 Å². The van der Waals surface area contributed by atoms with Crippen molar-refractivity contribution in [2.45, 2.75) is 13.8 Å². The van der Waals surface area contributed by atoms with Crippen LogP contribution in [0, 0.1) is 13.8 Å². The van der Waals surface area contributed by atoms with E-state index < -0.39 is 0 Å². The summed E-state index contributed by atoms with van der Waals surface area (Å²) in [6.45, 7) is 3.67. The number of pyridine rings is 1. The summed E-state index contributed by atoms with van der Waals surface area (Å²) in [4.78, 5) is 20.3. The first-order valence-corrected chi connectivity index (χ1v) is 7.01. The van der Waals surface area contributed by atoms with Crippen LogP contribution in [0.5, 0.6) is 11.5 Å². The number of nitrogens with one attached hydrogen (secondary N) is 2. The minimum absolute atomic E-state index is 0.240. The number of aryl methyl sites for hydroxylation is 2. The average molecular weight is 309 g/mol. The molecule has 0 atom stereocenters. The zero-order valence-electron chi connectivity index (χ0n) is 12.7. The second-order valence-electron chi connectivity index (χ2n) is 4.96. The number of H-pyrrole nitrogens is 1. The smallest absolute Gasteiger partial charge is 0.258 e. The van der Waals surface area contributed by atoms with Crippen LogP contribution in [0.3, 0.4) is 0 Å². The molecule has 3 aromatic rings. The number of benzene rings is 1. The number of nitrogens with zero attached hydrogens (tertiary/aromatic N) is 3. The third kappa shape index (κ3) is 3.52. The molecule has 0 saturated heterocycles. The molecule has 2 aromatic heterocycles. The maximum absolute atomic E-state index is 12.3. The highest BCUT2D eigenvalue weighted by Gasteiger charge is 2.12. The van der Waals surface area contributed by atoms with Gasteiger partial charge in [0.1, 0.15) is 17.3 Å². The van der Waals surface area contributed by atoms with Crippen molar-refractivity contribution >= 4 is 11.9 Å². The summed E-state index contributed by atoms with van der Waals surface area (Å²) in [5.74, 6) is 1.83. The van der Waals surface area contributed by atoms with Gasteiger partial charge >= 0.3 is 0 Å². The SMILES string of the molecule is Cc1nc(NC(=O)c2ccc(C)c(Oc3ccncc3)c2)n[nH]1. The Bertz CT molecular complexity index is 829. The molecule has 0 aliphatic rings. The lowest BCUT2D eigenvalue weighted by molar-refractivity contribution is 0.102. The number of ether oxygens (including phenoxy) is 1.